The van der Waals surface area contributed by atoms with Crippen molar-refractivity contribution in [3.05, 3.63) is 71.8 Å². The quantitative estimate of drug-likeness (QED) is 0.486. The normalized spacial score (nSPS) is 13.6. The van der Waals surface area contributed by atoms with Crippen LogP contribution in [0.1, 0.15) is 11.1 Å². The summed E-state index contributed by atoms with van der Waals surface area (Å²) in [6.07, 6.45) is 6.22. The molecule has 3 rings (SSSR count). The summed E-state index contributed by atoms with van der Waals surface area (Å²) < 4.78 is 10.7. The van der Waals surface area contributed by atoms with E-state index in [2.05, 4.69) is 0 Å². The summed E-state index contributed by atoms with van der Waals surface area (Å²) in [7, 11) is 0. The molecule has 0 N–H and O–H groups in total. The molecule has 0 atom stereocenters. The number of hydrogen-bond donors (Lipinski definition) is 0. The van der Waals surface area contributed by atoms with Crippen LogP contribution in [0.2, 0.25) is 0 Å². The molecular weight excluding hydrogens is 264 g/mol. The molecule has 0 saturated heterocycles. The molecule has 104 valence electrons. The van der Waals surface area contributed by atoms with Gasteiger partial charge in [0, 0.05) is 0 Å². The maximum atomic E-state index is 10.9. The summed E-state index contributed by atoms with van der Waals surface area (Å²) in [4.78, 5) is 10.9. The number of allylic oxidation sites excluding steroid dienone is 3. The Morgan fingerprint density at radius 2 is 1.81 bits per heavy atom. The minimum absolute atomic E-state index is 0.241. The van der Waals surface area contributed by atoms with E-state index in [9.17, 15) is 4.79 Å². The van der Waals surface area contributed by atoms with Gasteiger partial charge in [-0.1, -0.05) is 48.6 Å². The number of rotatable bonds is 4. The van der Waals surface area contributed by atoms with Gasteiger partial charge in [-0.3, -0.25) is 4.79 Å². The first kappa shape index (κ1) is 13.2. The predicted molar refractivity (Wildman–Crippen MR) is 82.1 cm³/mol. The van der Waals surface area contributed by atoms with Crippen molar-refractivity contribution in [2.45, 2.75) is 0 Å². The molecule has 0 spiro atoms. The summed E-state index contributed by atoms with van der Waals surface area (Å²) >= 11 is 0. The van der Waals surface area contributed by atoms with Crippen LogP contribution < -0.4 is 9.47 Å². The standard InChI is InChI=1S/C18H14O3/c19-11-10-15(7-6-14-4-2-1-3-5-14)16-8-9-17-18(12-16)21-13-20-17/h1-12H,13H2/b7-6+,15-10+. The minimum atomic E-state index is 0.241. The third-order valence-electron chi connectivity index (χ3n) is 3.21. The zero-order valence-corrected chi connectivity index (χ0v) is 11.4. The number of aldehydes is 1. The largest absolute Gasteiger partial charge is 0.454 e. The molecule has 3 nitrogen and oxygen atoms in total. The highest BCUT2D eigenvalue weighted by Crippen LogP contribution is 2.34. The third kappa shape index (κ3) is 3.03. The molecule has 0 bridgehead atoms. The second-order valence-corrected chi connectivity index (χ2v) is 4.57. The Hall–Kier alpha value is -2.81. The Kier molecular flexibility index (Phi) is 3.83. The van der Waals surface area contributed by atoms with Crippen LogP contribution in [0.15, 0.2) is 60.7 Å². The number of hydrogen-bond acceptors (Lipinski definition) is 3. The van der Waals surface area contributed by atoms with Crippen molar-refractivity contribution in [2.24, 2.45) is 0 Å². The molecule has 0 fully saturated rings. The van der Waals surface area contributed by atoms with Crippen molar-refractivity contribution in [2.75, 3.05) is 6.79 Å². The SMILES string of the molecule is O=C/C=C(\C=C\c1ccccc1)c1ccc2c(c1)OCO2. The first-order valence-corrected chi connectivity index (χ1v) is 6.65. The van der Waals surface area contributed by atoms with Crippen molar-refractivity contribution in [1.29, 1.82) is 0 Å². The Bertz CT molecular complexity index is 700. The molecule has 1 aliphatic rings. The van der Waals surface area contributed by atoms with Crippen molar-refractivity contribution < 1.29 is 14.3 Å². The van der Waals surface area contributed by atoms with Gasteiger partial charge in [-0.05, 0) is 34.9 Å². The fourth-order valence-electron chi connectivity index (χ4n) is 2.15. The minimum Gasteiger partial charge on any atom is -0.454 e. The van der Waals surface area contributed by atoms with Crippen LogP contribution in [0, 0.1) is 0 Å². The van der Waals surface area contributed by atoms with Gasteiger partial charge in [0.25, 0.3) is 0 Å². The molecule has 1 aliphatic heterocycles. The Morgan fingerprint density at radius 1 is 1.00 bits per heavy atom. The lowest BCUT2D eigenvalue weighted by molar-refractivity contribution is -0.104. The molecule has 0 radical (unpaired) electrons. The summed E-state index contributed by atoms with van der Waals surface area (Å²) in [6.45, 7) is 0.241. The fourth-order valence-corrected chi connectivity index (χ4v) is 2.15. The summed E-state index contributed by atoms with van der Waals surface area (Å²) in [6, 6.07) is 15.6. The van der Waals surface area contributed by atoms with E-state index in [0.29, 0.717) is 5.75 Å². The van der Waals surface area contributed by atoms with Gasteiger partial charge in [0.05, 0.1) is 0 Å². The zero-order chi connectivity index (χ0) is 14.5. The third-order valence-corrected chi connectivity index (χ3v) is 3.21. The topological polar surface area (TPSA) is 35.5 Å². The van der Waals surface area contributed by atoms with Gasteiger partial charge < -0.3 is 9.47 Å². The Labute approximate surface area is 123 Å². The number of benzene rings is 2. The first-order chi connectivity index (χ1) is 10.4. The van der Waals surface area contributed by atoms with E-state index in [-0.39, 0.29) is 6.79 Å². The Balaban J connectivity index is 1.90. The average molecular weight is 278 g/mol. The zero-order valence-electron chi connectivity index (χ0n) is 11.4. The van der Waals surface area contributed by atoms with Crippen LogP contribution in [0.3, 0.4) is 0 Å². The van der Waals surface area contributed by atoms with Crippen LogP contribution in [0.4, 0.5) is 0 Å². The molecule has 0 amide bonds. The Morgan fingerprint density at radius 3 is 2.62 bits per heavy atom. The van der Waals surface area contributed by atoms with E-state index in [1.165, 1.54) is 6.08 Å². The molecule has 0 aliphatic carbocycles. The van der Waals surface area contributed by atoms with E-state index in [1.54, 1.807) is 0 Å². The predicted octanol–water partition coefficient (Wildman–Crippen LogP) is 3.71. The molecule has 3 heteroatoms. The maximum absolute atomic E-state index is 10.9. The number of ether oxygens (including phenoxy) is 2. The van der Waals surface area contributed by atoms with Gasteiger partial charge in [0.2, 0.25) is 6.79 Å². The van der Waals surface area contributed by atoms with Crippen LogP contribution in [0.25, 0.3) is 11.6 Å². The number of fused-ring (bicyclic) bond motifs is 1. The lowest BCUT2D eigenvalue weighted by atomic mass is 10.0. The lowest BCUT2D eigenvalue weighted by Gasteiger charge is -2.03. The molecule has 0 aromatic heterocycles. The van der Waals surface area contributed by atoms with Gasteiger partial charge >= 0.3 is 0 Å². The smallest absolute Gasteiger partial charge is 0.231 e. The highest BCUT2D eigenvalue weighted by atomic mass is 16.7. The van der Waals surface area contributed by atoms with Crippen LogP contribution in [-0.2, 0) is 4.79 Å². The van der Waals surface area contributed by atoms with Gasteiger partial charge in [-0.2, -0.15) is 0 Å². The van der Waals surface area contributed by atoms with E-state index in [0.717, 1.165) is 28.7 Å². The maximum Gasteiger partial charge on any atom is 0.231 e. The van der Waals surface area contributed by atoms with E-state index >= 15 is 0 Å². The average Bonchev–Trinajstić information content (AvgIpc) is 3.00. The lowest BCUT2D eigenvalue weighted by Crippen LogP contribution is -1.92. The molecule has 2 aromatic carbocycles. The van der Waals surface area contributed by atoms with Crippen LogP contribution in [0.5, 0.6) is 11.5 Å². The van der Waals surface area contributed by atoms with Gasteiger partial charge in [-0.25, -0.2) is 0 Å². The van der Waals surface area contributed by atoms with Crippen molar-refractivity contribution in [1.82, 2.24) is 0 Å². The van der Waals surface area contributed by atoms with E-state index in [4.69, 9.17) is 9.47 Å². The highest BCUT2D eigenvalue weighted by Gasteiger charge is 2.13. The summed E-state index contributed by atoms with van der Waals surface area (Å²) in [5.41, 5.74) is 2.82. The molecule has 0 unspecified atom stereocenters. The first-order valence-electron chi connectivity index (χ1n) is 6.65. The summed E-state index contributed by atoms with van der Waals surface area (Å²) in [5, 5.41) is 0. The van der Waals surface area contributed by atoms with Gasteiger partial charge in [-0.15, -0.1) is 0 Å². The van der Waals surface area contributed by atoms with Crippen LogP contribution in [-0.4, -0.2) is 13.1 Å². The van der Waals surface area contributed by atoms with Crippen molar-refractivity contribution >= 4 is 17.9 Å². The second kappa shape index (κ2) is 6.09. The molecular formula is C18H14O3. The van der Waals surface area contributed by atoms with Crippen LogP contribution >= 0.6 is 0 Å². The van der Waals surface area contributed by atoms with Gasteiger partial charge in [0.1, 0.15) is 6.29 Å². The number of carbonyl (C=O) groups is 1. The van der Waals surface area contributed by atoms with Crippen molar-refractivity contribution in [3.8, 4) is 11.5 Å². The van der Waals surface area contributed by atoms with E-state index < -0.39 is 0 Å². The van der Waals surface area contributed by atoms with Gasteiger partial charge in [0.15, 0.2) is 11.5 Å². The molecule has 2 aromatic rings. The van der Waals surface area contributed by atoms with Crippen molar-refractivity contribution in [3.63, 3.8) is 0 Å². The van der Waals surface area contributed by atoms with E-state index in [1.807, 2.05) is 60.7 Å². The highest BCUT2D eigenvalue weighted by molar-refractivity contribution is 5.89. The fraction of sp³-hybridized carbons (Fsp3) is 0.0556. The molecule has 1 heterocycles. The molecule has 21 heavy (non-hydrogen) atoms. The second-order valence-electron chi connectivity index (χ2n) is 4.57. The number of carbonyl (C=O) groups excluding carboxylic acids is 1. The summed E-state index contributed by atoms with van der Waals surface area (Å²) in [5.74, 6) is 1.44. The molecule has 0 saturated carbocycles. The monoisotopic (exact) mass is 278 g/mol.